The minimum atomic E-state index is -0.386. The van der Waals surface area contributed by atoms with Crippen LogP contribution in [0.25, 0.3) is 0 Å². The summed E-state index contributed by atoms with van der Waals surface area (Å²) in [7, 11) is 0. The van der Waals surface area contributed by atoms with E-state index in [0.717, 1.165) is 32.7 Å². The van der Waals surface area contributed by atoms with Crippen LogP contribution in [-0.4, -0.2) is 67.5 Å². The van der Waals surface area contributed by atoms with Crippen LogP contribution in [0.5, 0.6) is 0 Å². The third-order valence-corrected chi connectivity index (χ3v) is 4.25. The van der Waals surface area contributed by atoms with Crippen molar-refractivity contribution in [1.29, 1.82) is 0 Å². The molecule has 2 atom stereocenters. The van der Waals surface area contributed by atoms with Crippen molar-refractivity contribution in [3.05, 3.63) is 30.3 Å². The molecule has 134 valence electrons. The maximum absolute atomic E-state index is 11.8. The lowest BCUT2D eigenvalue weighted by molar-refractivity contribution is 0.182. The summed E-state index contributed by atoms with van der Waals surface area (Å²) in [5.41, 5.74) is 1.28. The van der Waals surface area contributed by atoms with E-state index < -0.39 is 0 Å². The van der Waals surface area contributed by atoms with Crippen LogP contribution in [0.4, 0.5) is 10.5 Å². The van der Waals surface area contributed by atoms with Gasteiger partial charge in [-0.25, -0.2) is 4.79 Å². The lowest BCUT2D eigenvalue weighted by Crippen LogP contribution is -2.52. The Morgan fingerprint density at radius 2 is 1.83 bits per heavy atom. The highest BCUT2D eigenvalue weighted by Crippen LogP contribution is 2.15. The van der Waals surface area contributed by atoms with Gasteiger partial charge in [-0.3, -0.25) is 4.90 Å². The van der Waals surface area contributed by atoms with Crippen LogP contribution in [-0.2, 0) is 0 Å². The van der Waals surface area contributed by atoms with Crippen molar-refractivity contribution in [3.8, 4) is 0 Å². The lowest BCUT2D eigenvalue weighted by atomic mass is 10.2. The quantitative estimate of drug-likeness (QED) is 0.702. The molecule has 0 spiro atoms. The lowest BCUT2D eigenvalue weighted by Gasteiger charge is -2.37. The number of urea groups is 1. The van der Waals surface area contributed by atoms with Gasteiger partial charge >= 0.3 is 6.03 Å². The second-order valence-electron chi connectivity index (χ2n) is 6.56. The van der Waals surface area contributed by atoms with Gasteiger partial charge in [-0.2, -0.15) is 0 Å². The fraction of sp³-hybridized carbons (Fsp3) is 0.611. The topological polar surface area (TPSA) is 67.8 Å². The fourth-order valence-corrected chi connectivity index (χ4v) is 2.93. The van der Waals surface area contributed by atoms with Gasteiger partial charge in [0.25, 0.3) is 0 Å². The molecule has 6 nitrogen and oxygen atoms in total. The highest BCUT2D eigenvalue weighted by molar-refractivity contribution is 5.74. The number of carbonyl (C=O) groups excluding carboxylic acids is 1. The number of nitrogens with one attached hydrogen (secondary N) is 2. The van der Waals surface area contributed by atoms with Gasteiger partial charge in [0.1, 0.15) is 0 Å². The Morgan fingerprint density at radius 1 is 1.17 bits per heavy atom. The molecule has 1 aromatic rings. The van der Waals surface area contributed by atoms with E-state index >= 15 is 0 Å². The van der Waals surface area contributed by atoms with Crippen molar-refractivity contribution < 1.29 is 9.90 Å². The highest BCUT2D eigenvalue weighted by Gasteiger charge is 2.19. The SMILES string of the molecule is CC(O)CCNC(=O)NC(C)CN1CCN(c2ccccc2)CC1. The molecule has 1 aliphatic rings. The van der Waals surface area contributed by atoms with Gasteiger partial charge in [-0.1, -0.05) is 18.2 Å². The molecule has 1 aromatic carbocycles. The van der Waals surface area contributed by atoms with Crippen LogP contribution in [0.15, 0.2) is 30.3 Å². The average molecular weight is 334 g/mol. The summed E-state index contributed by atoms with van der Waals surface area (Å²) in [6.45, 7) is 9.12. The number of hydrogen-bond donors (Lipinski definition) is 3. The van der Waals surface area contributed by atoms with Crippen molar-refractivity contribution >= 4 is 11.7 Å². The first-order chi connectivity index (χ1) is 11.5. The van der Waals surface area contributed by atoms with Crippen molar-refractivity contribution in [1.82, 2.24) is 15.5 Å². The molecule has 1 fully saturated rings. The molecule has 0 radical (unpaired) electrons. The number of aliphatic hydroxyl groups excluding tert-OH is 1. The van der Waals surface area contributed by atoms with E-state index in [-0.39, 0.29) is 18.2 Å². The van der Waals surface area contributed by atoms with Crippen molar-refractivity contribution in [3.63, 3.8) is 0 Å². The van der Waals surface area contributed by atoms with Gasteiger partial charge < -0.3 is 20.6 Å². The number of anilines is 1. The minimum Gasteiger partial charge on any atom is -0.393 e. The number of benzene rings is 1. The second-order valence-corrected chi connectivity index (χ2v) is 6.56. The normalized spacial score (nSPS) is 18.0. The Kier molecular flexibility index (Phi) is 7.34. The molecule has 3 N–H and O–H groups in total. The van der Waals surface area contributed by atoms with E-state index in [1.54, 1.807) is 6.92 Å². The third-order valence-electron chi connectivity index (χ3n) is 4.25. The van der Waals surface area contributed by atoms with Crippen molar-refractivity contribution in [2.45, 2.75) is 32.4 Å². The minimum absolute atomic E-state index is 0.0971. The van der Waals surface area contributed by atoms with E-state index in [0.29, 0.717) is 13.0 Å². The standard InChI is InChI=1S/C18H30N4O2/c1-15(20-18(24)19-9-8-16(2)23)14-21-10-12-22(13-11-21)17-6-4-3-5-7-17/h3-7,15-16,23H,8-14H2,1-2H3,(H2,19,20,24). The number of rotatable bonds is 7. The summed E-state index contributed by atoms with van der Waals surface area (Å²) in [5, 5.41) is 14.9. The first kappa shape index (κ1) is 18.5. The summed E-state index contributed by atoms with van der Waals surface area (Å²) in [6.07, 6.45) is 0.187. The molecule has 2 amide bonds. The Morgan fingerprint density at radius 3 is 2.46 bits per heavy atom. The summed E-state index contributed by atoms with van der Waals surface area (Å²) < 4.78 is 0. The molecule has 1 heterocycles. The summed E-state index contributed by atoms with van der Waals surface area (Å²) in [5.74, 6) is 0. The molecule has 0 bridgehead atoms. The van der Waals surface area contributed by atoms with Gasteiger partial charge in [0, 0.05) is 51.0 Å². The first-order valence-electron chi connectivity index (χ1n) is 8.79. The van der Waals surface area contributed by atoms with Gasteiger partial charge in [-0.05, 0) is 32.4 Å². The van der Waals surface area contributed by atoms with Crippen LogP contribution in [0.3, 0.4) is 0 Å². The molecule has 24 heavy (non-hydrogen) atoms. The molecule has 6 heteroatoms. The Hall–Kier alpha value is -1.79. The fourth-order valence-electron chi connectivity index (χ4n) is 2.93. The summed E-state index contributed by atoms with van der Waals surface area (Å²) in [6, 6.07) is 10.4. The highest BCUT2D eigenvalue weighted by atomic mass is 16.3. The number of para-hydroxylation sites is 1. The van der Waals surface area contributed by atoms with Crippen LogP contribution in [0.2, 0.25) is 0 Å². The predicted molar refractivity (Wildman–Crippen MR) is 97.4 cm³/mol. The largest absolute Gasteiger partial charge is 0.393 e. The number of aliphatic hydroxyl groups is 1. The smallest absolute Gasteiger partial charge is 0.315 e. The van der Waals surface area contributed by atoms with Crippen molar-refractivity contribution in [2.24, 2.45) is 0 Å². The number of amides is 2. The predicted octanol–water partition coefficient (Wildman–Crippen LogP) is 1.27. The maximum atomic E-state index is 11.8. The van der Waals surface area contributed by atoms with Crippen LogP contribution in [0, 0.1) is 0 Å². The van der Waals surface area contributed by atoms with E-state index in [2.05, 4.69) is 44.7 Å². The molecule has 0 aromatic heterocycles. The Bertz CT molecular complexity index is 487. The van der Waals surface area contributed by atoms with E-state index in [1.165, 1.54) is 5.69 Å². The summed E-state index contributed by atoms with van der Waals surface area (Å²) >= 11 is 0. The van der Waals surface area contributed by atoms with Crippen LogP contribution < -0.4 is 15.5 Å². The summed E-state index contributed by atoms with van der Waals surface area (Å²) in [4.78, 5) is 16.6. The Labute approximate surface area is 144 Å². The zero-order valence-corrected chi connectivity index (χ0v) is 14.7. The number of hydrogen-bond acceptors (Lipinski definition) is 4. The van der Waals surface area contributed by atoms with E-state index in [1.807, 2.05) is 13.0 Å². The molecule has 0 aliphatic carbocycles. The van der Waals surface area contributed by atoms with Gasteiger partial charge in [0.05, 0.1) is 6.10 Å². The monoisotopic (exact) mass is 334 g/mol. The molecular formula is C18H30N4O2. The van der Waals surface area contributed by atoms with Gasteiger partial charge in [0.2, 0.25) is 0 Å². The average Bonchev–Trinajstić information content (AvgIpc) is 2.56. The molecule has 2 unspecified atom stereocenters. The van der Waals surface area contributed by atoms with Gasteiger partial charge in [-0.15, -0.1) is 0 Å². The van der Waals surface area contributed by atoms with Crippen LogP contribution >= 0.6 is 0 Å². The molecule has 0 saturated carbocycles. The number of carbonyl (C=O) groups is 1. The Balaban J connectivity index is 1.65. The molecule has 1 saturated heterocycles. The van der Waals surface area contributed by atoms with Gasteiger partial charge in [0.15, 0.2) is 0 Å². The molecule has 1 aliphatic heterocycles. The first-order valence-corrected chi connectivity index (χ1v) is 8.79. The van der Waals surface area contributed by atoms with E-state index in [9.17, 15) is 9.90 Å². The second kappa shape index (κ2) is 9.49. The number of piperazine rings is 1. The van der Waals surface area contributed by atoms with Crippen molar-refractivity contribution in [2.75, 3.05) is 44.2 Å². The zero-order chi connectivity index (χ0) is 17.4. The molecule has 2 rings (SSSR count). The molecular weight excluding hydrogens is 304 g/mol. The third kappa shape index (κ3) is 6.37. The van der Waals surface area contributed by atoms with E-state index in [4.69, 9.17) is 0 Å². The maximum Gasteiger partial charge on any atom is 0.315 e. The van der Waals surface area contributed by atoms with Crippen LogP contribution in [0.1, 0.15) is 20.3 Å². The zero-order valence-electron chi connectivity index (χ0n) is 14.7. The number of nitrogens with zero attached hydrogens (tertiary/aromatic N) is 2.